The molecule has 234 valence electrons. The number of hydrogen-bond donors (Lipinski definition) is 1. The Morgan fingerprint density at radius 2 is 1.77 bits per heavy atom. The van der Waals surface area contributed by atoms with Gasteiger partial charge >= 0.3 is 0 Å². The second-order valence-electron chi connectivity index (χ2n) is 13.3. The largest absolute Gasteiger partial charge is 0.474 e. The van der Waals surface area contributed by atoms with E-state index in [0.717, 1.165) is 62.5 Å². The maximum Gasteiger partial charge on any atom is 0.241 e. The Hall–Kier alpha value is -2.59. The minimum Gasteiger partial charge on any atom is -0.474 e. The van der Waals surface area contributed by atoms with E-state index in [9.17, 15) is 9.18 Å². The van der Waals surface area contributed by atoms with Gasteiger partial charge in [-0.1, -0.05) is 31.4 Å². The predicted octanol–water partition coefficient (Wildman–Crippen LogP) is 4.26. The third-order valence-corrected chi connectivity index (χ3v) is 9.99. The molecule has 0 bridgehead atoms. The van der Waals surface area contributed by atoms with Gasteiger partial charge in [0.1, 0.15) is 18.1 Å². The first-order valence-corrected chi connectivity index (χ1v) is 16.3. The SMILES string of the molecule is C[C@@H]1CN(CC(=O)N2c3cc(Cc4ccc(F)cc4)cnc3OCC2C2CCCCC2)[C@@H](CN2[C@H](C)COC[C@H]2C)CN1. The predicted molar refractivity (Wildman–Crippen MR) is 166 cm³/mol. The number of pyridine rings is 1. The molecule has 1 aromatic carbocycles. The first-order valence-electron chi connectivity index (χ1n) is 16.3. The van der Waals surface area contributed by atoms with Crippen LogP contribution in [0.25, 0.3) is 0 Å². The summed E-state index contributed by atoms with van der Waals surface area (Å²) in [6.45, 7) is 11.6. The highest BCUT2D eigenvalue weighted by Crippen LogP contribution is 2.39. The molecule has 2 aromatic rings. The van der Waals surface area contributed by atoms with Gasteiger partial charge in [-0.2, -0.15) is 0 Å². The quantitative estimate of drug-likeness (QED) is 0.515. The van der Waals surface area contributed by atoms with E-state index in [1.54, 1.807) is 12.1 Å². The van der Waals surface area contributed by atoms with Gasteiger partial charge in [0.15, 0.2) is 0 Å². The molecule has 5 atom stereocenters. The standard InChI is InChI=1S/C34H48FN5O3/c1-23-17-38(30(16-36-23)18-39-24(2)20-42-21-25(39)3)19-33(41)40-31-14-27(13-26-9-11-29(35)12-10-26)15-37-34(31)43-22-32(40)28-7-5-4-6-8-28/h9-12,14-15,23-25,28,30,32,36H,4-8,13,16-22H2,1-3H3/t23-,24-,25-,30-,32?/m1/s1. The third kappa shape index (κ3) is 7.06. The van der Waals surface area contributed by atoms with Crippen LogP contribution in [-0.2, 0) is 16.0 Å². The van der Waals surface area contributed by atoms with Crippen molar-refractivity contribution < 1.29 is 18.7 Å². The smallest absolute Gasteiger partial charge is 0.241 e. The number of anilines is 1. The Morgan fingerprint density at radius 1 is 1.02 bits per heavy atom. The van der Waals surface area contributed by atoms with E-state index in [0.29, 0.717) is 49.5 Å². The lowest BCUT2D eigenvalue weighted by Gasteiger charge is -2.47. The van der Waals surface area contributed by atoms with Crippen LogP contribution in [0.4, 0.5) is 10.1 Å². The molecular weight excluding hydrogens is 545 g/mol. The van der Waals surface area contributed by atoms with Crippen molar-refractivity contribution in [3.63, 3.8) is 0 Å². The molecule has 1 aromatic heterocycles. The number of piperazine rings is 1. The lowest BCUT2D eigenvalue weighted by Crippen LogP contribution is -2.64. The highest BCUT2D eigenvalue weighted by molar-refractivity contribution is 5.97. The van der Waals surface area contributed by atoms with Gasteiger partial charge in [0, 0.05) is 50.0 Å². The molecule has 43 heavy (non-hydrogen) atoms. The molecule has 1 aliphatic carbocycles. The Labute approximate surface area is 255 Å². The summed E-state index contributed by atoms with van der Waals surface area (Å²) in [6.07, 6.45) is 8.34. The number of hydrogen-bond acceptors (Lipinski definition) is 7. The molecule has 2 saturated heterocycles. The van der Waals surface area contributed by atoms with Crippen molar-refractivity contribution in [2.24, 2.45) is 5.92 Å². The average molecular weight is 594 g/mol. The number of rotatable bonds is 7. The van der Waals surface area contributed by atoms with Gasteiger partial charge in [-0.05, 0) is 75.3 Å². The van der Waals surface area contributed by atoms with Crippen molar-refractivity contribution >= 4 is 11.6 Å². The Balaban J connectivity index is 1.26. The van der Waals surface area contributed by atoms with Crippen molar-refractivity contribution in [1.82, 2.24) is 20.1 Å². The molecule has 4 heterocycles. The zero-order chi connectivity index (χ0) is 29.9. The van der Waals surface area contributed by atoms with E-state index in [2.05, 4.69) is 51.8 Å². The minimum absolute atomic E-state index is 0.00116. The fraction of sp³-hybridized carbons (Fsp3) is 0.647. The zero-order valence-electron chi connectivity index (χ0n) is 26.0. The molecule has 1 amide bonds. The maximum absolute atomic E-state index is 14.6. The number of amides is 1. The number of morpholine rings is 1. The molecule has 3 aliphatic heterocycles. The number of benzene rings is 1. The number of aromatic nitrogens is 1. The lowest BCUT2D eigenvalue weighted by molar-refractivity contribution is -0.122. The van der Waals surface area contributed by atoms with Crippen molar-refractivity contribution in [1.29, 1.82) is 0 Å². The summed E-state index contributed by atoms with van der Waals surface area (Å²) in [5, 5.41) is 3.67. The Kier molecular flexibility index (Phi) is 9.62. The first kappa shape index (κ1) is 30.4. The summed E-state index contributed by atoms with van der Waals surface area (Å²) in [7, 11) is 0. The van der Waals surface area contributed by atoms with Crippen LogP contribution < -0.4 is 15.0 Å². The van der Waals surface area contributed by atoms with E-state index in [1.807, 2.05) is 6.20 Å². The third-order valence-electron chi connectivity index (χ3n) is 9.99. The zero-order valence-corrected chi connectivity index (χ0v) is 26.0. The first-order chi connectivity index (χ1) is 20.9. The van der Waals surface area contributed by atoms with Gasteiger partial charge < -0.3 is 14.8 Å². The number of ether oxygens (including phenoxy) is 2. The lowest BCUT2D eigenvalue weighted by atomic mass is 9.83. The average Bonchev–Trinajstić information content (AvgIpc) is 3.01. The number of nitrogens with one attached hydrogen (secondary N) is 1. The van der Waals surface area contributed by atoms with Crippen molar-refractivity contribution in [3.8, 4) is 5.88 Å². The summed E-state index contributed by atoms with van der Waals surface area (Å²) in [5.74, 6) is 0.831. The topological polar surface area (TPSA) is 70.2 Å². The van der Waals surface area contributed by atoms with E-state index in [-0.39, 0.29) is 23.8 Å². The molecule has 4 aliphatic rings. The number of halogens is 1. The number of nitrogens with zero attached hydrogens (tertiary/aromatic N) is 4. The van der Waals surface area contributed by atoms with Gasteiger partial charge in [0.2, 0.25) is 11.8 Å². The fourth-order valence-corrected chi connectivity index (χ4v) is 7.60. The van der Waals surface area contributed by atoms with Crippen molar-refractivity contribution in [2.45, 2.75) is 89.5 Å². The van der Waals surface area contributed by atoms with Crippen LogP contribution in [0.3, 0.4) is 0 Å². The van der Waals surface area contributed by atoms with Crippen molar-refractivity contribution in [3.05, 3.63) is 53.5 Å². The maximum atomic E-state index is 14.6. The van der Waals surface area contributed by atoms with Gasteiger partial charge in [0.05, 0.1) is 25.8 Å². The van der Waals surface area contributed by atoms with Gasteiger partial charge in [-0.15, -0.1) is 0 Å². The molecular formula is C34H48FN5O3. The molecule has 6 rings (SSSR count). The van der Waals surface area contributed by atoms with Crippen LogP contribution in [0.1, 0.15) is 64.0 Å². The van der Waals surface area contributed by atoms with Crippen molar-refractivity contribution in [2.75, 3.05) is 50.9 Å². The van der Waals surface area contributed by atoms with E-state index < -0.39 is 0 Å². The van der Waals surface area contributed by atoms with Gasteiger partial charge in [-0.25, -0.2) is 9.37 Å². The number of fused-ring (bicyclic) bond motifs is 1. The summed E-state index contributed by atoms with van der Waals surface area (Å²) in [4.78, 5) is 26.3. The second-order valence-corrected chi connectivity index (χ2v) is 13.3. The summed E-state index contributed by atoms with van der Waals surface area (Å²) < 4.78 is 25.6. The Bertz CT molecular complexity index is 1230. The summed E-state index contributed by atoms with van der Waals surface area (Å²) in [5.41, 5.74) is 2.77. The van der Waals surface area contributed by atoms with Crippen LogP contribution in [0.5, 0.6) is 5.88 Å². The van der Waals surface area contributed by atoms with Gasteiger partial charge in [-0.3, -0.25) is 19.5 Å². The van der Waals surface area contributed by atoms with E-state index in [1.165, 1.54) is 31.4 Å². The minimum atomic E-state index is -0.245. The van der Waals surface area contributed by atoms with Crippen LogP contribution in [0, 0.1) is 11.7 Å². The number of carbonyl (C=O) groups is 1. The molecule has 3 fully saturated rings. The molecule has 1 N–H and O–H groups in total. The molecule has 1 unspecified atom stereocenters. The summed E-state index contributed by atoms with van der Waals surface area (Å²) in [6, 6.07) is 9.93. The van der Waals surface area contributed by atoms with Crippen LogP contribution in [0.15, 0.2) is 36.5 Å². The molecule has 0 radical (unpaired) electrons. The van der Waals surface area contributed by atoms with Crippen LogP contribution in [0.2, 0.25) is 0 Å². The Morgan fingerprint density at radius 3 is 2.51 bits per heavy atom. The van der Waals surface area contributed by atoms with Crippen LogP contribution in [-0.4, -0.2) is 96.9 Å². The normalized spacial score (nSPS) is 29.2. The second kappa shape index (κ2) is 13.6. The highest BCUT2D eigenvalue weighted by Gasteiger charge is 2.40. The molecule has 1 saturated carbocycles. The molecule has 8 nitrogen and oxygen atoms in total. The molecule has 0 spiro atoms. The monoisotopic (exact) mass is 593 g/mol. The van der Waals surface area contributed by atoms with E-state index in [4.69, 9.17) is 9.47 Å². The van der Waals surface area contributed by atoms with E-state index >= 15 is 0 Å². The molecule has 9 heteroatoms. The highest BCUT2D eigenvalue weighted by atomic mass is 19.1. The fourth-order valence-electron chi connectivity index (χ4n) is 7.60. The van der Waals surface area contributed by atoms with Gasteiger partial charge in [0.25, 0.3) is 0 Å². The number of carbonyl (C=O) groups excluding carboxylic acids is 1. The summed E-state index contributed by atoms with van der Waals surface area (Å²) >= 11 is 0. The van der Waals surface area contributed by atoms with Crippen LogP contribution >= 0.6 is 0 Å².